The van der Waals surface area contributed by atoms with E-state index in [2.05, 4.69) is 35.9 Å². The molecule has 0 unspecified atom stereocenters. The molecule has 0 radical (unpaired) electrons. The van der Waals surface area contributed by atoms with Gasteiger partial charge in [-0.1, -0.05) is 28.8 Å². The maximum absolute atomic E-state index is 12.3. The summed E-state index contributed by atoms with van der Waals surface area (Å²) in [5.41, 5.74) is 0. The van der Waals surface area contributed by atoms with Gasteiger partial charge < -0.3 is 5.32 Å². The lowest BCUT2D eigenvalue weighted by Crippen LogP contribution is -2.52. The zero-order chi connectivity index (χ0) is 15.6. The van der Waals surface area contributed by atoms with E-state index in [0.717, 1.165) is 4.47 Å². The van der Waals surface area contributed by atoms with Crippen molar-refractivity contribution in [1.29, 1.82) is 0 Å². The second kappa shape index (κ2) is 6.55. The van der Waals surface area contributed by atoms with E-state index in [-0.39, 0.29) is 4.90 Å². The summed E-state index contributed by atoms with van der Waals surface area (Å²) in [6.45, 7) is 1.17. The van der Waals surface area contributed by atoms with E-state index in [1.165, 1.54) is 25.7 Å². The van der Waals surface area contributed by atoms with Gasteiger partial charge in [-0.15, -0.1) is 0 Å². The van der Waals surface area contributed by atoms with E-state index in [0.29, 0.717) is 25.3 Å². The van der Waals surface area contributed by atoms with Crippen molar-refractivity contribution in [2.45, 2.75) is 36.6 Å². The van der Waals surface area contributed by atoms with E-state index in [4.69, 9.17) is 0 Å². The summed E-state index contributed by atoms with van der Waals surface area (Å²) in [5.74, 6) is 0.317. The predicted molar refractivity (Wildman–Crippen MR) is 88.9 cm³/mol. The van der Waals surface area contributed by atoms with E-state index < -0.39 is 10.0 Å². The van der Waals surface area contributed by atoms with Crippen molar-refractivity contribution in [3.05, 3.63) is 28.7 Å². The van der Waals surface area contributed by atoms with Crippen LogP contribution in [0.25, 0.3) is 0 Å². The molecule has 1 aromatic carbocycles. The van der Waals surface area contributed by atoms with E-state index >= 15 is 0 Å². The molecule has 1 saturated carbocycles. The molecular formula is C14H19BrN4O2S. The first-order chi connectivity index (χ1) is 10.5. The van der Waals surface area contributed by atoms with Gasteiger partial charge in [0, 0.05) is 10.5 Å². The van der Waals surface area contributed by atoms with Crippen molar-refractivity contribution >= 4 is 31.9 Å². The Morgan fingerprint density at radius 2 is 1.91 bits per heavy atom. The number of halogens is 1. The van der Waals surface area contributed by atoms with Crippen molar-refractivity contribution in [3.8, 4) is 0 Å². The van der Waals surface area contributed by atoms with Crippen LogP contribution in [0.5, 0.6) is 0 Å². The maximum Gasteiger partial charge on any atom is 0.264 e. The predicted octanol–water partition coefficient (Wildman–Crippen LogP) is 1.85. The number of guanidine groups is 1. The Labute approximate surface area is 139 Å². The van der Waals surface area contributed by atoms with Gasteiger partial charge >= 0.3 is 0 Å². The molecule has 0 aromatic heterocycles. The van der Waals surface area contributed by atoms with Gasteiger partial charge in [-0.3, -0.25) is 4.90 Å². The average molecular weight is 387 g/mol. The summed E-state index contributed by atoms with van der Waals surface area (Å²) in [6.07, 6.45) is 4.95. The van der Waals surface area contributed by atoms with E-state index in [1.807, 2.05) is 0 Å². The van der Waals surface area contributed by atoms with E-state index in [9.17, 15) is 8.42 Å². The highest BCUT2D eigenvalue weighted by Gasteiger charge is 2.25. The second-order valence-electron chi connectivity index (χ2n) is 5.57. The van der Waals surface area contributed by atoms with Crippen LogP contribution in [-0.2, 0) is 10.0 Å². The third kappa shape index (κ3) is 3.61. The Balaban J connectivity index is 1.64. The molecular weight excluding hydrogens is 368 g/mol. The van der Waals surface area contributed by atoms with Crippen molar-refractivity contribution in [1.82, 2.24) is 14.9 Å². The van der Waals surface area contributed by atoms with Gasteiger partial charge in [0.1, 0.15) is 0 Å². The molecule has 0 atom stereocenters. The molecule has 1 aliphatic heterocycles. The molecule has 1 fully saturated rings. The molecule has 120 valence electrons. The van der Waals surface area contributed by atoms with Gasteiger partial charge in [0.25, 0.3) is 10.0 Å². The molecule has 6 nitrogen and oxygen atoms in total. The number of hydrogen-bond donors (Lipinski definition) is 2. The number of sulfonamides is 1. The topological polar surface area (TPSA) is 73.8 Å². The summed E-state index contributed by atoms with van der Waals surface area (Å²) >= 11 is 3.29. The van der Waals surface area contributed by atoms with Crippen molar-refractivity contribution in [2.24, 2.45) is 4.99 Å². The summed E-state index contributed by atoms with van der Waals surface area (Å²) in [5, 5.41) is 3.06. The summed E-state index contributed by atoms with van der Waals surface area (Å²) < 4.78 is 27.9. The highest BCUT2D eigenvalue weighted by molar-refractivity contribution is 9.10. The van der Waals surface area contributed by atoms with E-state index in [1.54, 1.807) is 24.3 Å². The number of nitrogens with zero attached hydrogens (tertiary/aromatic N) is 2. The third-order valence-corrected chi connectivity index (χ3v) is 5.94. The van der Waals surface area contributed by atoms with Crippen LogP contribution in [0.3, 0.4) is 0 Å². The lowest BCUT2D eigenvalue weighted by atomic mass is 10.2. The number of aliphatic imine (C=N–C) groups is 1. The zero-order valence-corrected chi connectivity index (χ0v) is 14.5. The van der Waals surface area contributed by atoms with Crippen molar-refractivity contribution in [2.75, 3.05) is 13.3 Å². The molecule has 1 heterocycles. The number of nitrogens with one attached hydrogen (secondary N) is 2. The van der Waals surface area contributed by atoms with Crippen molar-refractivity contribution < 1.29 is 8.42 Å². The van der Waals surface area contributed by atoms with Crippen LogP contribution in [0.1, 0.15) is 25.7 Å². The minimum absolute atomic E-state index is 0.221. The fourth-order valence-electron chi connectivity index (χ4n) is 2.83. The average Bonchev–Trinajstić information content (AvgIpc) is 3.02. The normalized spacial score (nSPS) is 20.5. The first kappa shape index (κ1) is 15.8. The van der Waals surface area contributed by atoms with Gasteiger partial charge in [0.15, 0.2) is 0 Å². The summed E-state index contributed by atoms with van der Waals surface area (Å²) in [4.78, 5) is 6.79. The molecule has 0 amide bonds. The monoisotopic (exact) mass is 386 g/mol. The molecule has 2 aliphatic rings. The van der Waals surface area contributed by atoms with Crippen molar-refractivity contribution in [3.63, 3.8) is 0 Å². The zero-order valence-electron chi connectivity index (χ0n) is 12.1. The number of hydrogen-bond acceptors (Lipinski definition) is 5. The minimum Gasteiger partial charge on any atom is -0.343 e. The summed E-state index contributed by atoms with van der Waals surface area (Å²) in [7, 11) is -3.60. The minimum atomic E-state index is -3.60. The highest BCUT2D eigenvalue weighted by atomic mass is 79.9. The third-order valence-electron chi connectivity index (χ3n) is 4.06. The van der Waals surface area contributed by atoms with Crippen LogP contribution >= 0.6 is 15.9 Å². The maximum atomic E-state index is 12.3. The first-order valence-corrected chi connectivity index (χ1v) is 9.63. The van der Waals surface area contributed by atoms with Crippen LogP contribution in [-0.4, -0.2) is 38.7 Å². The van der Waals surface area contributed by atoms with Gasteiger partial charge in [-0.05, 0) is 37.1 Å². The highest BCUT2D eigenvalue weighted by Crippen LogP contribution is 2.23. The molecule has 0 spiro atoms. The molecule has 8 heteroatoms. The molecule has 3 rings (SSSR count). The summed E-state index contributed by atoms with van der Waals surface area (Å²) in [6, 6.07) is 7.08. The van der Waals surface area contributed by atoms with Gasteiger partial charge in [-0.2, -0.15) is 0 Å². The molecule has 1 aromatic rings. The Bertz CT molecular complexity index is 654. The Morgan fingerprint density at radius 1 is 1.23 bits per heavy atom. The fraction of sp³-hybridized carbons (Fsp3) is 0.500. The molecule has 1 aliphatic carbocycles. The van der Waals surface area contributed by atoms with Crippen LogP contribution < -0.4 is 10.0 Å². The second-order valence-corrected chi connectivity index (χ2v) is 8.17. The standard InChI is InChI=1S/C14H19BrN4O2S/c15-11-5-7-13(8-6-11)22(20,21)18-14-16-9-19(10-17-14)12-3-1-2-4-12/h5-8,12H,1-4,9-10H2,(H2,16,17,18). The Kier molecular flexibility index (Phi) is 4.70. The molecule has 22 heavy (non-hydrogen) atoms. The van der Waals surface area contributed by atoms with Gasteiger partial charge in [0.05, 0.1) is 18.2 Å². The number of rotatable bonds is 3. The van der Waals surface area contributed by atoms with Crippen LogP contribution in [0.15, 0.2) is 38.6 Å². The van der Waals surface area contributed by atoms with Gasteiger partial charge in [0.2, 0.25) is 5.96 Å². The largest absolute Gasteiger partial charge is 0.343 e. The SMILES string of the molecule is O=S(=O)(NC1=NCN(C2CCCC2)CN1)c1ccc(Br)cc1. The Hall–Kier alpha value is -1.12. The molecule has 0 bridgehead atoms. The molecule has 0 saturated heterocycles. The van der Waals surface area contributed by atoms with Crippen LogP contribution in [0, 0.1) is 0 Å². The lowest BCUT2D eigenvalue weighted by Gasteiger charge is -2.31. The smallest absolute Gasteiger partial charge is 0.264 e. The van der Waals surface area contributed by atoms with Gasteiger partial charge in [-0.25, -0.2) is 18.1 Å². The van der Waals surface area contributed by atoms with Crippen LogP contribution in [0.4, 0.5) is 0 Å². The fourth-order valence-corrected chi connectivity index (χ4v) is 4.09. The quantitative estimate of drug-likeness (QED) is 0.830. The molecule has 2 N–H and O–H groups in total. The lowest BCUT2D eigenvalue weighted by molar-refractivity contribution is 0.190. The number of benzene rings is 1. The van der Waals surface area contributed by atoms with Crippen LogP contribution in [0.2, 0.25) is 0 Å². The first-order valence-electron chi connectivity index (χ1n) is 7.35. The Morgan fingerprint density at radius 3 is 2.50 bits per heavy atom.